The standard InChI is InChI=1S/C20H22N2O5/c1-13(20(23)27-4)19(16-5-9-17(10-6-16)22(24)25)21-14(2)15-7-11-18(26-3)12-8-15/h5-12,14,19,21H,1H2,2-4H3/t14-,19+/m1/s1. The van der Waals surface area contributed by atoms with E-state index in [0.29, 0.717) is 5.56 Å². The van der Waals surface area contributed by atoms with E-state index in [1.165, 1.54) is 19.2 Å². The van der Waals surface area contributed by atoms with Crippen molar-refractivity contribution in [2.24, 2.45) is 0 Å². The first-order valence-corrected chi connectivity index (χ1v) is 8.28. The van der Waals surface area contributed by atoms with Gasteiger partial charge in [-0.3, -0.25) is 15.4 Å². The molecule has 27 heavy (non-hydrogen) atoms. The summed E-state index contributed by atoms with van der Waals surface area (Å²) < 4.78 is 9.95. The largest absolute Gasteiger partial charge is 0.497 e. The molecule has 0 spiro atoms. The summed E-state index contributed by atoms with van der Waals surface area (Å²) in [6.07, 6.45) is 0. The molecule has 0 unspecified atom stereocenters. The number of nitro benzene ring substituents is 1. The van der Waals surface area contributed by atoms with E-state index < -0.39 is 16.9 Å². The first kappa shape index (κ1) is 20.1. The molecule has 0 amide bonds. The molecule has 142 valence electrons. The lowest BCUT2D eigenvalue weighted by Gasteiger charge is -2.25. The first-order chi connectivity index (χ1) is 12.9. The minimum Gasteiger partial charge on any atom is -0.497 e. The third kappa shape index (κ3) is 4.92. The first-order valence-electron chi connectivity index (χ1n) is 8.28. The Morgan fingerprint density at radius 3 is 2.11 bits per heavy atom. The normalized spacial score (nSPS) is 12.7. The smallest absolute Gasteiger partial charge is 0.335 e. The zero-order valence-corrected chi connectivity index (χ0v) is 15.5. The Bertz CT molecular complexity index is 815. The van der Waals surface area contributed by atoms with Crippen LogP contribution in [0, 0.1) is 10.1 Å². The van der Waals surface area contributed by atoms with Gasteiger partial charge in [-0.2, -0.15) is 0 Å². The van der Waals surface area contributed by atoms with Crippen LogP contribution < -0.4 is 10.1 Å². The molecule has 2 aromatic rings. The molecule has 0 heterocycles. The number of esters is 1. The molecule has 1 N–H and O–H groups in total. The maximum absolute atomic E-state index is 12.0. The summed E-state index contributed by atoms with van der Waals surface area (Å²) in [7, 11) is 2.88. The van der Waals surface area contributed by atoms with Gasteiger partial charge >= 0.3 is 5.97 Å². The highest BCUT2D eigenvalue weighted by atomic mass is 16.6. The van der Waals surface area contributed by atoms with Crippen molar-refractivity contribution < 1.29 is 19.2 Å². The van der Waals surface area contributed by atoms with Gasteiger partial charge in [0.05, 0.1) is 30.8 Å². The van der Waals surface area contributed by atoms with Crippen LogP contribution in [0.5, 0.6) is 5.75 Å². The van der Waals surface area contributed by atoms with Gasteiger partial charge in [0.1, 0.15) is 5.75 Å². The monoisotopic (exact) mass is 370 g/mol. The van der Waals surface area contributed by atoms with Crippen LogP contribution in [0.1, 0.15) is 30.1 Å². The Morgan fingerprint density at radius 2 is 1.63 bits per heavy atom. The summed E-state index contributed by atoms with van der Waals surface area (Å²) in [4.78, 5) is 22.4. The third-order valence-electron chi connectivity index (χ3n) is 4.27. The molecule has 2 aromatic carbocycles. The molecule has 0 radical (unpaired) electrons. The Kier molecular flexibility index (Phi) is 6.67. The lowest BCUT2D eigenvalue weighted by Crippen LogP contribution is -2.29. The van der Waals surface area contributed by atoms with Crippen LogP contribution in [-0.2, 0) is 9.53 Å². The molecular weight excluding hydrogens is 348 g/mol. The molecule has 2 atom stereocenters. The van der Waals surface area contributed by atoms with Crippen molar-refractivity contribution in [3.63, 3.8) is 0 Å². The van der Waals surface area contributed by atoms with Gasteiger partial charge in [0.2, 0.25) is 0 Å². The predicted molar refractivity (Wildman–Crippen MR) is 102 cm³/mol. The fourth-order valence-corrected chi connectivity index (χ4v) is 2.67. The summed E-state index contributed by atoms with van der Waals surface area (Å²) in [6.45, 7) is 5.79. The second-order valence-electron chi connectivity index (χ2n) is 5.96. The Balaban J connectivity index is 2.29. The molecule has 0 fully saturated rings. The number of carbonyl (C=O) groups excluding carboxylic acids is 1. The molecule has 7 heteroatoms. The summed E-state index contributed by atoms with van der Waals surface area (Å²) in [6, 6.07) is 12.9. The number of carbonyl (C=O) groups is 1. The van der Waals surface area contributed by atoms with E-state index in [9.17, 15) is 14.9 Å². The van der Waals surface area contributed by atoms with E-state index in [1.807, 2.05) is 31.2 Å². The van der Waals surface area contributed by atoms with Gasteiger partial charge in [0, 0.05) is 18.2 Å². The number of benzene rings is 2. The fraction of sp³-hybridized carbons (Fsp3) is 0.250. The number of rotatable bonds is 8. The minimum atomic E-state index is -0.560. The lowest BCUT2D eigenvalue weighted by atomic mass is 9.97. The van der Waals surface area contributed by atoms with Crippen molar-refractivity contribution in [3.8, 4) is 5.75 Å². The molecule has 7 nitrogen and oxygen atoms in total. The topological polar surface area (TPSA) is 90.7 Å². The van der Waals surface area contributed by atoms with Crippen LogP contribution in [0.15, 0.2) is 60.7 Å². The summed E-state index contributed by atoms with van der Waals surface area (Å²) in [5, 5.41) is 14.2. The Hall–Kier alpha value is -3.19. The quantitative estimate of drug-likeness (QED) is 0.330. The molecule has 0 saturated heterocycles. The Labute approximate surface area is 157 Å². The van der Waals surface area contributed by atoms with E-state index in [4.69, 9.17) is 9.47 Å². The van der Waals surface area contributed by atoms with Gasteiger partial charge in [-0.15, -0.1) is 0 Å². The Morgan fingerprint density at radius 1 is 1.07 bits per heavy atom. The fourth-order valence-electron chi connectivity index (χ4n) is 2.67. The van der Waals surface area contributed by atoms with Crippen LogP contribution in [0.25, 0.3) is 0 Å². The van der Waals surface area contributed by atoms with Gasteiger partial charge < -0.3 is 9.47 Å². The molecule has 0 bridgehead atoms. The maximum Gasteiger partial charge on any atom is 0.335 e. The number of hydrogen-bond donors (Lipinski definition) is 1. The summed E-state index contributed by atoms with van der Waals surface area (Å²) in [5.74, 6) is 0.199. The van der Waals surface area contributed by atoms with Gasteiger partial charge in [-0.1, -0.05) is 30.8 Å². The summed E-state index contributed by atoms with van der Waals surface area (Å²) in [5.41, 5.74) is 1.85. The molecular formula is C20H22N2O5. The van der Waals surface area contributed by atoms with Gasteiger partial charge in [0.25, 0.3) is 5.69 Å². The van der Waals surface area contributed by atoms with Crippen LogP contribution in [0.2, 0.25) is 0 Å². The zero-order valence-electron chi connectivity index (χ0n) is 15.5. The number of hydrogen-bond acceptors (Lipinski definition) is 6. The molecule has 0 saturated carbocycles. The number of nitrogens with one attached hydrogen (secondary N) is 1. The van der Waals surface area contributed by atoms with Gasteiger partial charge in [-0.25, -0.2) is 4.79 Å². The molecule has 0 aliphatic carbocycles. The molecule has 0 aromatic heterocycles. The highest BCUT2D eigenvalue weighted by Gasteiger charge is 2.24. The van der Waals surface area contributed by atoms with Gasteiger partial charge in [-0.05, 0) is 30.2 Å². The lowest BCUT2D eigenvalue weighted by molar-refractivity contribution is -0.384. The van der Waals surface area contributed by atoms with E-state index >= 15 is 0 Å². The minimum absolute atomic E-state index is 0.0237. The third-order valence-corrected chi connectivity index (χ3v) is 4.27. The van der Waals surface area contributed by atoms with Crippen LogP contribution >= 0.6 is 0 Å². The van der Waals surface area contributed by atoms with Crippen molar-refractivity contribution in [1.29, 1.82) is 0 Å². The van der Waals surface area contributed by atoms with Crippen LogP contribution in [0.3, 0.4) is 0 Å². The molecule has 0 aliphatic rings. The van der Waals surface area contributed by atoms with E-state index in [-0.39, 0.29) is 17.3 Å². The van der Waals surface area contributed by atoms with Crippen LogP contribution in [-0.4, -0.2) is 25.1 Å². The van der Waals surface area contributed by atoms with E-state index in [1.54, 1.807) is 19.2 Å². The second-order valence-corrected chi connectivity index (χ2v) is 5.96. The zero-order chi connectivity index (χ0) is 20.0. The maximum atomic E-state index is 12.0. The number of ether oxygens (including phenoxy) is 2. The van der Waals surface area contributed by atoms with Gasteiger partial charge in [0.15, 0.2) is 0 Å². The van der Waals surface area contributed by atoms with Crippen molar-refractivity contribution in [3.05, 3.63) is 81.9 Å². The second kappa shape index (κ2) is 8.95. The van der Waals surface area contributed by atoms with E-state index in [0.717, 1.165) is 11.3 Å². The number of methoxy groups -OCH3 is 2. The van der Waals surface area contributed by atoms with Crippen LogP contribution in [0.4, 0.5) is 5.69 Å². The molecule has 0 aliphatic heterocycles. The number of nitrogens with zero attached hydrogens (tertiary/aromatic N) is 1. The van der Waals surface area contributed by atoms with E-state index in [2.05, 4.69) is 11.9 Å². The van der Waals surface area contributed by atoms with Crippen molar-refractivity contribution >= 4 is 11.7 Å². The average molecular weight is 370 g/mol. The van der Waals surface area contributed by atoms with Crippen molar-refractivity contribution in [2.75, 3.05) is 14.2 Å². The number of nitro groups is 1. The SMILES string of the molecule is C=C(C(=O)OC)[C@H](N[C@H](C)c1ccc(OC)cc1)c1ccc([N+](=O)[O-])cc1. The summed E-state index contributed by atoms with van der Waals surface area (Å²) >= 11 is 0. The molecule has 2 rings (SSSR count). The van der Waals surface area contributed by atoms with Crippen molar-refractivity contribution in [1.82, 2.24) is 5.32 Å². The predicted octanol–water partition coefficient (Wildman–Crippen LogP) is 3.72. The number of non-ortho nitro benzene ring substituents is 1. The highest BCUT2D eigenvalue weighted by Crippen LogP contribution is 2.28. The van der Waals surface area contributed by atoms with Crippen molar-refractivity contribution in [2.45, 2.75) is 19.0 Å². The highest BCUT2D eigenvalue weighted by molar-refractivity contribution is 5.89. The average Bonchev–Trinajstić information content (AvgIpc) is 2.70.